The number of benzene rings is 1. The van der Waals surface area contributed by atoms with Crippen LogP contribution < -0.4 is 4.74 Å². The van der Waals surface area contributed by atoms with Crippen LogP contribution >= 0.6 is 11.6 Å². The van der Waals surface area contributed by atoms with Gasteiger partial charge in [-0.1, -0.05) is 17.7 Å². The van der Waals surface area contributed by atoms with Crippen molar-refractivity contribution in [2.45, 2.75) is 18.7 Å². The Balaban J connectivity index is 2.44. The van der Waals surface area contributed by atoms with E-state index in [1.54, 1.807) is 18.3 Å². The second-order valence-electron chi connectivity index (χ2n) is 5.63. The van der Waals surface area contributed by atoms with E-state index in [2.05, 4.69) is 4.98 Å². The molecule has 0 spiro atoms. The molecule has 148 valence electrons. The van der Waals surface area contributed by atoms with Gasteiger partial charge in [0.1, 0.15) is 5.75 Å². The first-order valence-corrected chi connectivity index (χ1v) is 10.5. The highest BCUT2D eigenvalue weighted by Crippen LogP contribution is 2.24. The lowest BCUT2D eigenvalue weighted by Gasteiger charge is -2.14. The first kappa shape index (κ1) is 21.7. The van der Waals surface area contributed by atoms with Gasteiger partial charge in [-0.05, 0) is 62.5 Å². The quantitative estimate of drug-likeness (QED) is 0.366. The molecule has 2 rings (SSSR count). The summed E-state index contributed by atoms with van der Waals surface area (Å²) >= 11 is 5.92. The summed E-state index contributed by atoms with van der Waals surface area (Å²) < 4.78 is 31.3. The van der Waals surface area contributed by atoms with Crippen molar-refractivity contribution in [1.82, 2.24) is 9.88 Å². The fourth-order valence-electron chi connectivity index (χ4n) is 2.28. The van der Waals surface area contributed by atoms with Gasteiger partial charge >= 0.3 is 5.97 Å². The van der Waals surface area contributed by atoms with Gasteiger partial charge in [0, 0.05) is 24.3 Å². The molecule has 0 saturated heterocycles. The molecule has 1 heterocycles. The number of pyridine rings is 1. The SMILES string of the molecule is CCN(/C=C/C=C(/C(=O)Oc1cccnc1)S(=O)(=O)c1cccc(Cl)c1)CC. The van der Waals surface area contributed by atoms with Crippen molar-refractivity contribution < 1.29 is 17.9 Å². The van der Waals surface area contributed by atoms with E-state index in [-0.39, 0.29) is 15.7 Å². The molecule has 0 amide bonds. The third-order valence-corrected chi connectivity index (χ3v) is 5.79. The lowest BCUT2D eigenvalue weighted by atomic mass is 10.4. The summed E-state index contributed by atoms with van der Waals surface area (Å²) in [7, 11) is -4.14. The summed E-state index contributed by atoms with van der Waals surface area (Å²) in [6.07, 6.45) is 7.30. The number of carbonyl (C=O) groups is 1. The summed E-state index contributed by atoms with van der Waals surface area (Å²) in [5, 5.41) is 0.250. The second-order valence-corrected chi connectivity index (χ2v) is 7.99. The molecular formula is C20H21ClN2O4S. The molecule has 0 aliphatic rings. The Morgan fingerprint density at radius 2 is 1.96 bits per heavy atom. The van der Waals surface area contributed by atoms with E-state index >= 15 is 0 Å². The van der Waals surface area contributed by atoms with E-state index in [9.17, 15) is 13.2 Å². The minimum absolute atomic E-state index is 0.0920. The van der Waals surface area contributed by atoms with Crippen molar-refractivity contribution in [3.8, 4) is 5.75 Å². The highest BCUT2D eigenvalue weighted by molar-refractivity contribution is 7.96. The average molecular weight is 421 g/mol. The molecule has 6 nitrogen and oxygen atoms in total. The Morgan fingerprint density at radius 1 is 1.21 bits per heavy atom. The first-order chi connectivity index (χ1) is 13.4. The number of halogens is 1. The minimum Gasteiger partial charge on any atom is -0.421 e. The molecule has 0 bridgehead atoms. The van der Waals surface area contributed by atoms with E-state index in [0.29, 0.717) is 0 Å². The Morgan fingerprint density at radius 3 is 2.57 bits per heavy atom. The van der Waals surface area contributed by atoms with Gasteiger partial charge < -0.3 is 9.64 Å². The summed E-state index contributed by atoms with van der Waals surface area (Å²) in [6, 6.07) is 8.82. The number of aromatic nitrogens is 1. The topological polar surface area (TPSA) is 76.6 Å². The zero-order valence-electron chi connectivity index (χ0n) is 15.6. The molecule has 0 saturated carbocycles. The van der Waals surface area contributed by atoms with Gasteiger partial charge in [0.2, 0.25) is 9.84 Å². The van der Waals surface area contributed by atoms with Crippen LogP contribution in [0.4, 0.5) is 0 Å². The Bertz CT molecular complexity index is 969. The molecule has 0 fully saturated rings. The first-order valence-electron chi connectivity index (χ1n) is 8.63. The maximum atomic E-state index is 13.0. The number of nitrogens with zero attached hydrogens (tertiary/aromatic N) is 2. The van der Waals surface area contributed by atoms with Crippen LogP contribution in [0.15, 0.2) is 76.9 Å². The minimum atomic E-state index is -4.14. The Kier molecular flexibility index (Phi) is 7.78. The van der Waals surface area contributed by atoms with E-state index < -0.39 is 20.7 Å². The van der Waals surface area contributed by atoms with Crippen molar-refractivity contribution in [2.24, 2.45) is 0 Å². The molecule has 2 aromatic rings. The zero-order chi connectivity index (χ0) is 20.6. The highest BCUT2D eigenvalue weighted by Gasteiger charge is 2.28. The predicted octanol–water partition coefficient (Wildman–Crippen LogP) is 3.85. The number of hydrogen-bond acceptors (Lipinski definition) is 6. The summed E-state index contributed by atoms with van der Waals surface area (Å²) in [4.78, 5) is 17.9. The molecule has 0 radical (unpaired) electrons. The van der Waals surface area contributed by atoms with Crippen LogP contribution in [0.5, 0.6) is 5.75 Å². The molecule has 0 aliphatic carbocycles. The van der Waals surface area contributed by atoms with Gasteiger partial charge in [0.25, 0.3) is 0 Å². The van der Waals surface area contributed by atoms with Crippen LogP contribution in [0.2, 0.25) is 5.02 Å². The molecule has 28 heavy (non-hydrogen) atoms. The van der Waals surface area contributed by atoms with Gasteiger partial charge in [-0.15, -0.1) is 0 Å². The molecule has 0 unspecified atom stereocenters. The van der Waals surface area contributed by atoms with Crippen LogP contribution in [-0.4, -0.2) is 37.4 Å². The molecule has 1 aromatic heterocycles. The normalized spacial score (nSPS) is 12.2. The number of carbonyl (C=O) groups excluding carboxylic acids is 1. The maximum absolute atomic E-state index is 13.0. The fourth-order valence-corrected chi connectivity index (χ4v) is 3.85. The van der Waals surface area contributed by atoms with Crippen molar-refractivity contribution in [3.63, 3.8) is 0 Å². The monoisotopic (exact) mass is 420 g/mol. The van der Waals surface area contributed by atoms with Crippen LogP contribution in [0.1, 0.15) is 13.8 Å². The van der Waals surface area contributed by atoms with E-state index in [1.165, 1.54) is 48.8 Å². The number of ether oxygens (including phenoxy) is 1. The van der Waals surface area contributed by atoms with Gasteiger partial charge in [-0.25, -0.2) is 13.2 Å². The Labute approximate surface area is 170 Å². The van der Waals surface area contributed by atoms with Crippen molar-refractivity contribution in [2.75, 3.05) is 13.1 Å². The van der Waals surface area contributed by atoms with E-state index in [4.69, 9.17) is 16.3 Å². The third kappa shape index (κ3) is 5.68. The van der Waals surface area contributed by atoms with Crippen molar-refractivity contribution in [1.29, 1.82) is 0 Å². The smallest absolute Gasteiger partial charge is 0.355 e. The number of esters is 1. The van der Waals surface area contributed by atoms with Crippen LogP contribution in [0, 0.1) is 0 Å². The average Bonchev–Trinajstić information content (AvgIpc) is 2.68. The number of hydrogen-bond donors (Lipinski definition) is 0. The largest absolute Gasteiger partial charge is 0.421 e. The number of rotatable bonds is 8. The van der Waals surface area contributed by atoms with E-state index in [1.807, 2.05) is 18.7 Å². The standard InChI is InChI=1S/C20H21ClN2O4S/c1-3-23(4-2)13-7-11-19(20(24)27-17-9-6-12-22-15-17)28(25,26)18-10-5-8-16(21)14-18/h5-15H,3-4H2,1-2H3/b13-7+,19-11-. The van der Waals surface area contributed by atoms with Crippen LogP contribution in [0.3, 0.4) is 0 Å². The van der Waals surface area contributed by atoms with E-state index in [0.717, 1.165) is 13.1 Å². The molecule has 0 aliphatic heterocycles. The zero-order valence-corrected chi connectivity index (χ0v) is 17.2. The lowest BCUT2D eigenvalue weighted by Crippen LogP contribution is -2.19. The molecule has 0 N–H and O–H groups in total. The molecule has 1 aromatic carbocycles. The summed E-state index contributed by atoms with van der Waals surface area (Å²) in [5.74, 6) is -0.857. The van der Waals surface area contributed by atoms with Gasteiger partial charge in [-0.3, -0.25) is 4.98 Å². The Hall–Kier alpha value is -2.64. The maximum Gasteiger partial charge on any atom is 0.355 e. The van der Waals surface area contributed by atoms with Crippen LogP contribution in [0.25, 0.3) is 0 Å². The number of allylic oxidation sites excluding steroid dienone is 2. The lowest BCUT2D eigenvalue weighted by molar-refractivity contribution is -0.129. The van der Waals surface area contributed by atoms with Crippen molar-refractivity contribution >= 4 is 27.4 Å². The van der Waals surface area contributed by atoms with Gasteiger partial charge in [0.15, 0.2) is 4.91 Å². The molecule has 8 heteroatoms. The number of sulfone groups is 1. The molecule has 0 atom stereocenters. The highest BCUT2D eigenvalue weighted by atomic mass is 35.5. The third-order valence-electron chi connectivity index (χ3n) is 3.80. The summed E-state index contributed by atoms with van der Waals surface area (Å²) in [6.45, 7) is 5.43. The summed E-state index contributed by atoms with van der Waals surface area (Å²) in [5.41, 5.74) is 0. The molecular weight excluding hydrogens is 400 g/mol. The van der Waals surface area contributed by atoms with Crippen molar-refractivity contribution in [3.05, 3.63) is 77.1 Å². The second kappa shape index (κ2) is 10.1. The van der Waals surface area contributed by atoms with Crippen LogP contribution in [-0.2, 0) is 14.6 Å². The predicted molar refractivity (Wildman–Crippen MR) is 109 cm³/mol. The van der Waals surface area contributed by atoms with Gasteiger partial charge in [-0.2, -0.15) is 0 Å². The van der Waals surface area contributed by atoms with Gasteiger partial charge in [0.05, 0.1) is 11.1 Å². The fraction of sp³-hybridized carbons (Fsp3) is 0.200.